The molecule has 2 heterocycles. The summed E-state index contributed by atoms with van der Waals surface area (Å²) in [5.41, 5.74) is 3.52. The van der Waals surface area contributed by atoms with Crippen molar-refractivity contribution in [3.8, 4) is 0 Å². The van der Waals surface area contributed by atoms with E-state index in [-0.39, 0.29) is 5.91 Å². The third kappa shape index (κ3) is 6.46. The van der Waals surface area contributed by atoms with Crippen LogP contribution in [0.2, 0.25) is 0 Å². The van der Waals surface area contributed by atoms with Gasteiger partial charge in [-0.3, -0.25) is 9.48 Å². The van der Waals surface area contributed by atoms with Crippen LogP contribution in [0.4, 0.5) is 0 Å². The summed E-state index contributed by atoms with van der Waals surface area (Å²) in [4.78, 5) is 14.6. The molecule has 0 aliphatic carbocycles. The molecule has 0 spiro atoms. The molecule has 0 aromatic carbocycles. The molecule has 1 N–H and O–H groups in total. The van der Waals surface area contributed by atoms with Gasteiger partial charge in [0.25, 0.3) is 0 Å². The second-order valence-electron chi connectivity index (χ2n) is 7.83. The van der Waals surface area contributed by atoms with E-state index in [9.17, 15) is 4.79 Å². The quantitative estimate of drug-likeness (QED) is 0.698. The van der Waals surface area contributed by atoms with Crippen LogP contribution in [0, 0.1) is 19.8 Å². The first kappa shape index (κ1) is 20.0. The summed E-state index contributed by atoms with van der Waals surface area (Å²) in [6, 6.07) is 0. The summed E-state index contributed by atoms with van der Waals surface area (Å²) in [5, 5.41) is 7.71. The molecule has 142 valence electrons. The van der Waals surface area contributed by atoms with Gasteiger partial charge >= 0.3 is 0 Å². The van der Waals surface area contributed by atoms with Crippen LogP contribution in [0.3, 0.4) is 0 Å². The number of rotatable bonds is 9. The lowest BCUT2D eigenvalue weighted by Gasteiger charge is -2.26. The van der Waals surface area contributed by atoms with Crippen LogP contribution in [-0.2, 0) is 17.8 Å². The molecule has 1 aromatic heterocycles. The molecule has 0 atom stereocenters. The summed E-state index contributed by atoms with van der Waals surface area (Å²) >= 11 is 0. The molecule has 2 rings (SSSR count). The summed E-state index contributed by atoms with van der Waals surface area (Å²) in [5.74, 6) is 0.739. The van der Waals surface area contributed by atoms with Gasteiger partial charge < -0.3 is 10.2 Å². The largest absolute Gasteiger partial charge is 0.356 e. The zero-order valence-electron chi connectivity index (χ0n) is 16.6. The Kier molecular flexibility index (Phi) is 7.94. The highest BCUT2D eigenvalue weighted by atomic mass is 16.1. The Morgan fingerprint density at radius 2 is 1.92 bits per heavy atom. The van der Waals surface area contributed by atoms with Gasteiger partial charge in [0.15, 0.2) is 0 Å². The monoisotopic (exact) mass is 348 g/mol. The Bertz CT molecular complexity index is 544. The normalized spacial score (nSPS) is 15.7. The van der Waals surface area contributed by atoms with Crippen molar-refractivity contribution in [2.45, 2.75) is 72.8 Å². The average Bonchev–Trinajstić information content (AvgIpc) is 2.84. The number of aryl methyl sites for hydroxylation is 1. The van der Waals surface area contributed by atoms with Gasteiger partial charge in [0.05, 0.1) is 5.69 Å². The van der Waals surface area contributed by atoms with Gasteiger partial charge in [-0.25, -0.2) is 0 Å². The van der Waals surface area contributed by atoms with E-state index in [1.165, 1.54) is 43.6 Å². The smallest absolute Gasteiger partial charge is 0.220 e. The molecule has 25 heavy (non-hydrogen) atoms. The molecule has 1 fully saturated rings. The van der Waals surface area contributed by atoms with E-state index in [1.54, 1.807) is 0 Å². The second-order valence-corrected chi connectivity index (χ2v) is 7.83. The van der Waals surface area contributed by atoms with E-state index >= 15 is 0 Å². The topological polar surface area (TPSA) is 50.2 Å². The van der Waals surface area contributed by atoms with Gasteiger partial charge in [-0.2, -0.15) is 5.10 Å². The van der Waals surface area contributed by atoms with Crippen LogP contribution in [0.15, 0.2) is 0 Å². The third-order valence-electron chi connectivity index (χ3n) is 5.09. The van der Waals surface area contributed by atoms with Gasteiger partial charge in [-0.15, -0.1) is 0 Å². The summed E-state index contributed by atoms with van der Waals surface area (Å²) in [6.45, 7) is 13.9. The molecule has 0 radical (unpaired) electrons. The fourth-order valence-electron chi connectivity index (χ4n) is 3.66. The van der Waals surface area contributed by atoms with Gasteiger partial charge in [0.2, 0.25) is 5.91 Å². The maximum absolute atomic E-state index is 12.1. The number of nitrogens with one attached hydrogen (secondary N) is 1. The van der Waals surface area contributed by atoms with Gasteiger partial charge in [-0.1, -0.05) is 20.3 Å². The Hall–Kier alpha value is -1.36. The maximum Gasteiger partial charge on any atom is 0.220 e. The lowest BCUT2D eigenvalue weighted by Crippen LogP contribution is -2.33. The van der Waals surface area contributed by atoms with Gasteiger partial charge in [-0.05, 0) is 70.6 Å². The van der Waals surface area contributed by atoms with Gasteiger partial charge in [0, 0.05) is 25.2 Å². The minimum Gasteiger partial charge on any atom is -0.356 e. The number of hydrogen-bond donors (Lipinski definition) is 1. The van der Waals surface area contributed by atoms with Crippen molar-refractivity contribution in [2.75, 3.05) is 26.2 Å². The van der Waals surface area contributed by atoms with Crippen molar-refractivity contribution in [1.82, 2.24) is 20.0 Å². The minimum atomic E-state index is 0.161. The number of piperidine rings is 1. The standard InChI is InChI=1S/C20H36N4O/c1-16(2)15-24-18(4)19(17(3)22-24)9-10-20(25)21-11-8-14-23-12-6-5-7-13-23/h16H,5-15H2,1-4H3,(H,21,25). The Morgan fingerprint density at radius 1 is 1.20 bits per heavy atom. The van der Waals surface area contributed by atoms with Crippen molar-refractivity contribution >= 4 is 5.91 Å². The first-order valence-electron chi connectivity index (χ1n) is 9.99. The average molecular weight is 349 g/mol. The van der Waals surface area contributed by atoms with E-state index in [0.717, 1.165) is 38.2 Å². The highest BCUT2D eigenvalue weighted by molar-refractivity contribution is 5.76. The lowest BCUT2D eigenvalue weighted by molar-refractivity contribution is -0.121. The number of hydrogen-bond acceptors (Lipinski definition) is 3. The van der Waals surface area contributed by atoms with E-state index in [1.807, 2.05) is 0 Å². The fourth-order valence-corrected chi connectivity index (χ4v) is 3.66. The molecule has 0 unspecified atom stereocenters. The molecule has 1 aliphatic rings. The molecular formula is C20H36N4O. The van der Waals surface area contributed by atoms with Crippen LogP contribution >= 0.6 is 0 Å². The van der Waals surface area contributed by atoms with Crippen molar-refractivity contribution in [2.24, 2.45) is 5.92 Å². The summed E-state index contributed by atoms with van der Waals surface area (Å²) in [6.07, 6.45) is 6.42. The number of nitrogens with zero attached hydrogens (tertiary/aromatic N) is 3. The molecule has 1 aromatic rings. The molecular weight excluding hydrogens is 312 g/mol. The molecule has 1 saturated heterocycles. The van der Waals surface area contributed by atoms with Crippen LogP contribution in [0.5, 0.6) is 0 Å². The van der Waals surface area contributed by atoms with Crippen molar-refractivity contribution in [3.63, 3.8) is 0 Å². The van der Waals surface area contributed by atoms with E-state index < -0.39 is 0 Å². The number of carbonyl (C=O) groups excluding carboxylic acids is 1. The van der Waals surface area contributed by atoms with Gasteiger partial charge in [0.1, 0.15) is 0 Å². The maximum atomic E-state index is 12.1. The Labute approximate surface area is 153 Å². The van der Waals surface area contributed by atoms with Crippen LogP contribution in [0.25, 0.3) is 0 Å². The molecule has 5 heteroatoms. The first-order chi connectivity index (χ1) is 12.0. The lowest BCUT2D eigenvalue weighted by atomic mass is 10.1. The third-order valence-corrected chi connectivity index (χ3v) is 5.09. The number of likely N-dealkylation sites (tertiary alicyclic amines) is 1. The Morgan fingerprint density at radius 3 is 2.60 bits per heavy atom. The van der Waals surface area contributed by atoms with E-state index in [4.69, 9.17) is 0 Å². The predicted octanol–water partition coefficient (Wildman–Crippen LogP) is 3.08. The Balaban J connectivity index is 1.68. The SMILES string of the molecule is Cc1nn(CC(C)C)c(C)c1CCC(=O)NCCCN1CCCCC1. The second kappa shape index (κ2) is 9.95. The summed E-state index contributed by atoms with van der Waals surface area (Å²) < 4.78 is 2.09. The van der Waals surface area contributed by atoms with Crippen LogP contribution in [0.1, 0.15) is 62.9 Å². The molecule has 0 saturated carbocycles. The number of amides is 1. The first-order valence-corrected chi connectivity index (χ1v) is 9.99. The van der Waals surface area contributed by atoms with Crippen LogP contribution in [-0.4, -0.2) is 46.8 Å². The van der Waals surface area contributed by atoms with Crippen LogP contribution < -0.4 is 5.32 Å². The highest BCUT2D eigenvalue weighted by Crippen LogP contribution is 2.16. The fraction of sp³-hybridized carbons (Fsp3) is 0.800. The van der Waals surface area contributed by atoms with Crippen molar-refractivity contribution in [1.29, 1.82) is 0 Å². The van der Waals surface area contributed by atoms with E-state index in [2.05, 4.69) is 47.7 Å². The number of aromatic nitrogens is 2. The predicted molar refractivity (Wildman–Crippen MR) is 103 cm³/mol. The van der Waals surface area contributed by atoms with Crippen molar-refractivity contribution < 1.29 is 4.79 Å². The molecule has 5 nitrogen and oxygen atoms in total. The zero-order valence-corrected chi connectivity index (χ0v) is 16.6. The molecule has 1 amide bonds. The molecule has 0 bridgehead atoms. The molecule has 1 aliphatic heterocycles. The summed E-state index contributed by atoms with van der Waals surface area (Å²) in [7, 11) is 0. The number of carbonyl (C=O) groups is 1. The minimum absolute atomic E-state index is 0.161. The van der Waals surface area contributed by atoms with E-state index in [0.29, 0.717) is 12.3 Å². The highest BCUT2D eigenvalue weighted by Gasteiger charge is 2.14. The zero-order chi connectivity index (χ0) is 18.2. The van der Waals surface area contributed by atoms with Crippen molar-refractivity contribution in [3.05, 3.63) is 17.0 Å².